The van der Waals surface area contributed by atoms with Crippen molar-refractivity contribution in [1.82, 2.24) is 0 Å². The molecule has 11 N–H and O–H groups in total. The van der Waals surface area contributed by atoms with Gasteiger partial charge >= 0.3 is 0 Å². The van der Waals surface area contributed by atoms with Crippen LogP contribution in [0.15, 0.2) is 0 Å². The molecule has 76 valence electrons. The van der Waals surface area contributed by atoms with Crippen LogP contribution in [-0.4, -0.2) is 23.2 Å². The fourth-order valence-corrected chi connectivity index (χ4v) is 0.306. The van der Waals surface area contributed by atoms with Crippen molar-refractivity contribution in [3.63, 3.8) is 0 Å². The van der Waals surface area contributed by atoms with Crippen molar-refractivity contribution in [2.75, 3.05) is 6.61 Å². The minimum Gasteiger partial charge on any atom is -0.397 e. The van der Waals surface area contributed by atoms with E-state index in [0.29, 0.717) is 6.42 Å². The molecule has 6 heteroatoms. The fraction of sp³-hybridized carbons (Fsp3) is 1.00. The van der Waals surface area contributed by atoms with Gasteiger partial charge in [-0.2, -0.15) is 0 Å². The predicted octanol–water partition coefficient (Wildman–Crippen LogP) is -2.46. The van der Waals surface area contributed by atoms with Crippen molar-refractivity contribution in [2.24, 2.45) is 28.7 Å². The van der Waals surface area contributed by atoms with E-state index in [2.05, 4.69) is 0 Å². The SMILES string of the molecule is CCC(N)(N)C(N)(N)N.CCO. The molecule has 12 heavy (non-hydrogen) atoms. The molecule has 6 nitrogen and oxygen atoms in total. The molecule has 0 saturated heterocycles. The van der Waals surface area contributed by atoms with Gasteiger partial charge in [-0.05, 0) is 13.3 Å². The summed E-state index contributed by atoms with van der Waals surface area (Å²) < 4.78 is 0. The summed E-state index contributed by atoms with van der Waals surface area (Å²) in [5.41, 5.74) is 25.3. The molecule has 0 aromatic heterocycles. The van der Waals surface area contributed by atoms with Crippen LogP contribution in [0.2, 0.25) is 0 Å². The van der Waals surface area contributed by atoms with Crippen LogP contribution in [0.25, 0.3) is 0 Å². The van der Waals surface area contributed by atoms with Gasteiger partial charge < -0.3 is 16.6 Å². The normalized spacial score (nSPS) is 12.0. The van der Waals surface area contributed by atoms with Gasteiger partial charge in [-0.15, -0.1) is 0 Å². The maximum absolute atomic E-state index is 7.57. The van der Waals surface area contributed by atoms with Crippen molar-refractivity contribution in [3.05, 3.63) is 0 Å². The van der Waals surface area contributed by atoms with E-state index in [0.717, 1.165) is 0 Å². The van der Waals surface area contributed by atoms with Gasteiger partial charge in [0.05, 0.1) is 0 Å². The minimum atomic E-state index is -1.50. The van der Waals surface area contributed by atoms with E-state index >= 15 is 0 Å². The zero-order valence-electron chi connectivity index (χ0n) is 7.75. The second kappa shape index (κ2) is 5.41. The molecule has 0 heterocycles. The Hall–Kier alpha value is -0.240. The molecular weight excluding hydrogens is 158 g/mol. The highest BCUT2D eigenvalue weighted by Crippen LogP contribution is 2.02. The lowest BCUT2D eigenvalue weighted by Crippen LogP contribution is -2.80. The van der Waals surface area contributed by atoms with Crippen LogP contribution in [-0.2, 0) is 0 Å². The highest BCUT2D eigenvalue weighted by atomic mass is 16.2. The molecule has 0 spiro atoms. The smallest absolute Gasteiger partial charge is 0.148 e. The first kappa shape index (κ1) is 14.3. The zero-order chi connectivity index (χ0) is 10.4. The number of aliphatic hydroxyl groups excluding tert-OH is 1. The molecule has 0 aliphatic heterocycles. The lowest BCUT2D eigenvalue weighted by Gasteiger charge is -2.35. The van der Waals surface area contributed by atoms with Crippen molar-refractivity contribution < 1.29 is 5.11 Å². The maximum Gasteiger partial charge on any atom is 0.148 e. The van der Waals surface area contributed by atoms with E-state index in [1.807, 2.05) is 0 Å². The fourth-order valence-electron chi connectivity index (χ4n) is 0.306. The first-order valence-electron chi connectivity index (χ1n) is 3.78. The van der Waals surface area contributed by atoms with Crippen LogP contribution < -0.4 is 28.7 Å². The largest absolute Gasteiger partial charge is 0.397 e. The first-order valence-corrected chi connectivity index (χ1v) is 3.78. The molecular formula is C6H21N5O. The number of hydrogen-bond acceptors (Lipinski definition) is 6. The number of rotatable bonds is 2. The van der Waals surface area contributed by atoms with Crippen LogP contribution in [0.3, 0.4) is 0 Å². The van der Waals surface area contributed by atoms with Gasteiger partial charge in [0.2, 0.25) is 0 Å². The Morgan fingerprint density at radius 1 is 1.00 bits per heavy atom. The van der Waals surface area contributed by atoms with Gasteiger partial charge in [-0.3, -0.25) is 17.2 Å². The standard InChI is InChI=1S/C4H15N5.C2H6O/c1-2-3(5,6)4(7,8)9;1-2-3/h2,5-9H2,1H3;3H,2H2,1H3. The van der Waals surface area contributed by atoms with Crippen molar-refractivity contribution in [1.29, 1.82) is 0 Å². The van der Waals surface area contributed by atoms with Crippen LogP contribution >= 0.6 is 0 Å². The summed E-state index contributed by atoms with van der Waals surface area (Å²) in [5.74, 6) is -1.50. The summed E-state index contributed by atoms with van der Waals surface area (Å²) in [6.45, 7) is 3.70. The highest BCUT2D eigenvalue weighted by Gasteiger charge is 2.34. The molecule has 0 bridgehead atoms. The Bertz CT molecular complexity index is 109. The third kappa shape index (κ3) is 5.42. The van der Waals surface area contributed by atoms with Crippen molar-refractivity contribution >= 4 is 0 Å². The van der Waals surface area contributed by atoms with Crippen LogP contribution in [0.5, 0.6) is 0 Å². The van der Waals surface area contributed by atoms with E-state index < -0.39 is 11.4 Å². The Morgan fingerprint density at radius 2 is 1.25 bits per heavy atom. The van der Waals surface area contributed by atoms with Gasteiger partial charge in [0.25, 0.3) is 0 Å². The van der Waals surface area contributed by atoms with E-state index in [1.165, 1.54) is 0 Å². The van der Waals surface area contributed by atoms with E-state index in [-0.39, 0.29) is 6.61 Å². The minimum absolute atomic E-state index is 0.250. The molecule has 0 fully saturated rings. The summed E-state index contributed by atoms with van der Waals surface area (Å²) in [4.78, 5) is 0. The Kier molecular flexibility index (Phi) is 6.45. The van der Waals surface area contributed by atoms with Crippen LogP contribution in [0.4, 0.5) is 0 Å². The van der Waals surface area contributed by atoms with Gasteiger partial charge in [-0.1, -0.05) is 6.92 Å². The first-order chi connectivity index (χ1) is 5.22. The second-order valence-electron chi connectivity index (χ2n) is 2.64. The molecule has 0 radical (unpaired) electrons. The third-order valence-corrected chi connectivity index (χ3v) is 1.39. The maximum atomic E-state index is 7.57. The second-order valence-corrected chi connectivity index (χ2v) is 2.64. The molecule has 0 aromatic carbocycles. The van der Waals surface area contributed by atoms with Crippen molar-refractivity contribution in [2.45, 2.75) is 31.7 Å². The number of aliphatic hydroxyl groups is 1. The van der Waals surface area contributed by atoms with Crippen LogP contribution in [0, 0.1) is 0 Å². The Labute approximate surface area is 73.1 Å². The zero-order valence-corrected chi connectivity index (χ0v) is 7.75. The van der Waals surface area contributed by atoms with Gasteiger partial charge in [0, 0.05) is 6.61 Å². The third-order valence-electron chi connectivity index (χ3n) is 1.39. The summed E-state index contributed by atoms with van der Waals surface area (Å²) in [7, 11) is 0. The molecule has 0 atom stereocenters. The summed E-state index contributed by atoms with van der Waals surface area (Å²) in [6, 6.07) is 0. The predicted molar refractivity (Wildman–Crippen MR) is 49.4 cm³/mol. The summed E-state index contributed by atoms with van der Waals surface area (Å²) in [5, 5.41) is 7.57. The average molecular weight is 179 g/mol. The number of hydrogen-bond donors (Lipinski definition) is 6. The summed E-state index contributed by atoms with van der Waals surface area (Å²) in [6.07, 6.45) is 0.441. The van der Waals surface area contributed by atoms with Gasteiger partial charge in [-0.25, -0.2) is 0 Å². The lowest BCUT2D eigenvalue weighted by molar-refractivity contribution is 0.230. The summed E-state index contributed by atoms with van der Waals surface area (Å²) >= 11 is 0. The van der Waals surface area contributed by atoms with Crippen molar-refractivity contribution in [3.8, 4) is 0 Å². The molecule has 0 aromatic rings. The monoisotopic (exact) mass is 179 g/mol. The quantitative estimate of drug-likeness (QED) is 0.259. The van der Waals surface area contributed by atoms with E-state index in [9.17, 15) is 0 Å². The van der Waals surface area contributed by atoms with Gasteiger partial charge in [0.1, 0.15) is 11.4 Å². The van der Waals surface area contributed by atoms with E-state index in [1.54, 1.807) is 13.8 Å². The number of nitrogens with two attached hydrogens (primary N) is 5. The molecule has 0 amide bonds. The highest BCUT2D eigenvalue weighted by molar-refractivity contribution is 4.93. The Balaban J connectivity index is 0. The molecule has 0 rings (SSSR count). The van der Waals surface area contributed by atoms with Crippen LogP contribution in [0.1, 0.15) is 20.3 Å². The molecule has 0 saturated carbocycles. The molecule has 0 aliphatic rings. The molecule has 0 unspecified atom stereocenters. The Morgan fingerprint density at radius 3 is 1.25 bits per heavy atom. The topological polar surface area (TPSA) is 150 Å². The lowest BCUT2D eigenvalue weighted by atomic mass is 10.0. The van der Waals surface area contributed by atoms with Gasteiger partial charge in [0.15, 0.2) is 0 Å². The van der Waals surface area contributed by atoms with E-state index in [4.69, 9.17) is 33.8 Å². The molecule has 0 aliphatic carbocycles. The average Bonchev–Trinajstić information content (AvgIpc) is 1.87.